The summed E-state index contributed by atoms with van der Waals surface area (Å²) in [7, 11) is 1.84. The first-order valence-corrected chi connectivity index (χ1v) is 9.37. The number of piperidine rings is 1. The van der Waals surface area contributed by atoms with Gasteiger partial charge in [-0.3, -0.25) is 9.69 Å². The van der Waals surface area contributed by atoms with Crippen LogP contribution in [0.15, 0.2) is 54.6 Å². The third kappa shape index (κ3) is 5.12. The monoisotopic (exact) mass is 362 g/mol. The Kier molecular flexibility index (Phi) is 6.51. The van der Waals surface area contributed by atoms with E-state index in [1.54, 1.807) is 4.90 Å². The zero-order chi connectivity index (χ0) is 19.1. The van der Waals surface area contributed by atoms with Crippen molar-refractivity contribution in [2.45, 2.75) is 19.4 Å². The quantitative estimate of drug-likeness (QED) is 0.737. The molecule has 1 amide bonds. The topological polar surface area (TPSA) is 32.8 Å². The lowest BCUT2D eigenvalue weighted by Crippen LogP contribution is -2.43. The van der Waals surface area contributed by atoms with Crippen molar-refractivity contribution in [3.63, 3.8) is 0 Å². The fourth-order valence-electron chi connectivity index (χ4n) is 3.53. The number of likely N-dealkylation sites (tertiary alicyclic amines) is 1. The minimum absolute atomic E-state index is 0.0322. The summed E-state index contributed by atoms with van der Waals surface area (Å²) in [5, 5.41) is 0. The highest BCUT2D eigenvalue weighted by molar-refractivity contribution is 5.94. The maximum atomic E-state index is 13.0. The van der Waals surface area contributed by atoms with Crippen LogP contribution in [0.1, 0.15) is 18.4 Å². The lowest BCUT2D eigenvalue weighted by Gasteiger charge is -2.34. The summed E-state index contributed by atoms with van der Waals surface area (Å²) in [6.45, 7) is 2.99. The van der Waals surface area contributed by atoms with Gasteiger partial charge in [0.05, 0.1) is 5.92 Å². The molecule has 1 atom stereocenters. The Labute approximate surface area is 161 Å². The molecular weight excluding hydrogens is 336 g/mol. The SMILES string of the molecule is C#CCOc1ccc(N(C)C(=O)C2CCCN(Cc3ccccc3)C2)cc1. The van der Waals surface area contributed by atoms with E-state index >= 15 is 0 Å². The standard InChI is InChI=1S/C23H26N2O2/c1-3-16-27-22-13-11-21(12-14-22)24(2)23(26)20-10-7-15-25(18-20)17-19-8-5-4-6-9-19/h1,4-6,8-9,11-14,20H,7,10,15-18H2,2H3. The molecule has 0 radical (unpaired) electrons. The van der Waals surface area contributed by atoms with Crippen LogP contribution in [0.2, 0.25) is 0 Å². The number of terminal acetylenes is 1. The van der Waals surface area contributed by atoms with Crippen LogP contribution in [0, 0.1) is 18.3 Å². The average molecular weight is 362 g/mol. The molecule has 1 unspecified atom stereocenters. The molecule has 3 rings (SSSR count). The molecule has 1 heterocycles. The van der Waals surface area contributed by atoms with Gasteiger partial charge in [0.25, 0.3) is 0 Å². The van der Waals surface area contributed by atoms with Gasteiger partial charge >= 0.3 is 0 Å². The number of hydrogen-bond donors (Lipinski definition) is 0. The number of benzene rings is 2. The van der Waals surface area contributed by atoms with Crippen LogP contribution in [0.25, 0.3) is 0 Å². The lowest BCUT2D eigenvalue weighted by molar-refractivity contribution is -0.123. The normalized spacial score (nSPS) is 17.1. The highest BCUT2D eigenvalue weighted by Crippen LogP contribution is 2.24. The molecule has 0 saturated carbocycles. The van der Waals surface area contributed by atoms with Crippen molar-refractivity contribution in [2.24, 2.45) is 5.92 Å². The first-order chi connectivity index (χ1) is 13.2. The van der Waals surface area contributed by atoms with Crippen LogP contribution in [0.5, 0.6) is 5.75 Å². The average Bonchev–Trinajstić information content (AvgIpc) is 2.72. The molecule has 0 spiro atoms. The van der Waals surface area contributed by atoms with E-state index in [2.05, 4.69) is 35.1 Å². The van der Waals surface area contributed by atoms with E-state index < -0.39 is 0 Å². The number of nitrogens with zero attached hydrogens (tertiary/aromatic N) is 2. The first kappa shape index (κ1) is 19.0. The Morgan fingerprint density at radius 2 is 1.96 bits per heavy atom. The van der Waals surface area contributed by atoms with Crippen molar-refractivity contribution in [3.05, 3.63) is 60.2 Å². The van der Waals surface area contributed by atoms with Crippen molar-refractivity contribution in [1.82, 2.24) is 4.90 Å². The van der Waals surface area contributed by atoms with Crippen molar-refractivity contribution in [3.8, 4) is 18.1 Å². The third-order valence-electron chi connectivity index (χ3n) is 4.98. The number of hydrogen-bond acceptors (Lipinski definition) is 3. The van der Waals surface area contributed by atoms with Crippen molar-refractivity contribution in [2.75, 3.05) is 31.6 Å². The molecule has 2 aromatic rings. The van der Waals surface area contributed by atoms with Gasteiger partial charge in [-0.25, -0.2) is 0 Å². The van der Waals surface area contributed by atoms with Crippen LogP contribution < -0.4 is 9.64 Å². The Balaban J connectivity index is 1.59. The second-order valence-corrected chi connectivity index (χ2v) is 6.94. The van der Waals surface area contributed by atoms with Crippen molar-refractivity contribution in [1.29, 1.82) is 0 Å². The minimum atomic E-state index is 0.0322. The summed E-state index contributed by atoms with van der Waals surface area (Å²) < 4.78 is 5.39. The van der Waals surface area contributed by atoms with Crippen LogP contribution in [0.3, 0.4) is 0 Å². The van der Waals surface area contributed by atoms with E-state index in [9.17, 15) is 4.79 Å². The van der Waals surface area contributed by atoms with Gasteiger partial charge in [0.15, 0.2) is 0 Å². The van der Waals surface area contributed by atoms with Gasteiger partial charge in [-0.1, -0.05) is 36.3 Å². The third-order valence-corrected chi connectivity index (χ3v) is 4.98. The molecule has 1 aliphatic rings. The zero-order valence-corrected chi connectivity index (χ0v) is 15.8. The second-order valence-electron chi connectivity index (χ2n) is 6.94. The molecule has 4 heteroatoms. The van der Waals surface area contributed by atoms with Crippen molar-refractivity contribution < 1.29 is 9.53 Å². The molecule has 27 heavy (non-hydrogen) atoms. The van der Waals surface area contributed by atoms with Crippen molar-refractivity contribution >= 4 is 11.6 Å². The molecule has 0 aliphatic carbocycles. The smallest absolute Gasteiger partial charge is 0.231 e. The molecule has 0 N–H and O–H groups in total. The summed E-state index contributed by atoms with van der Waals surface area (Å²) in [6.07, 6.45) is 7.20. The number of amides is 1. The number of ether oxygens (including phenoxy) is 1. The highest BCUT2D eigenvalue weighted by Gasteiger charge is 2.28. The second kappa shape index (κ2) is 9.25. The van der Waals surface area contributed by atoms with E-state index in [1.807, 2.05) is 37.4 Å². The molecule has 0 bridgehead atoms. The Morgan fingerprint density at radius 1 is 1.22 bits per heavy atom. The van der Waals surface area contributed by atoms with Crippen LogP contribution >= 0.6 is 0 Å². The number of carbonyl (C=O) groups is 1. The fraction of sp³-hybridized carbons (Fsp3) is 0.348. The minimum Gasteiger partial charge on any atom is -0.481 e. The molecule has 4 nitrogen and oxygen atoms in total. The lowest BCUT2D eigenvalue weighted by atomic mass is 9.96. The van der Waals surface area contributed by atoms with Gasteiger partial charge in [0, 0.05) is 25.8 Å². The van der Waals surface area contributed by atoms with E-state index in [0.717, 1.165) is 38.2 Å². The number of anilines is 1. The summed E-state index contributed by atoms with van der Waals surface area (Å²) >= 11 is 0. The van der Waals surface area contributed by atoms with Crippen LogP contribution in [-0.4, -0.2) is 37.6 Å². The molecular formula is C23H26N2O2. The molecule has 2 aromatic carbocycles. The first-order valence-electron chi connectivity index (χ1n) is 9.37. The summed E-state index contributed by atoms with van der Waals surface area (Å²) in [5.74, 6) is 3.36. The summed E-state index contributed by atoms with van der Waals surface area (Å²) in [6, 6.07) is 17.9. The Bertz CT molecular complexity index is 780. The maximum Gasteiger partial charge on any atom is 0.231 e. The van der Waals surface area contributed by atoms with E-state index in [1.165, 1.54) is 5.56 Å². The van der Waals surface area contributed by atoms with Crippen LogP contribution in [0.4, 0.5) is 5.69 Å². The van der Waals surface area contributed by atoms with Gasteiger partial charge in [0.2, 0.25) is 5.91 Å². The maximum absolute atomic E-state index is 13.0. The van der Waals surface area contributed by atoms with E-state index in [-0.39, 0.29) is 18.4 Å². The molecule has 0 aromatic heterocycles. The largest absolute Gasteiger partial charge is 0.481 e. The molecule has 1 fully saturated rings. The zero-order valence-electron chi connectivity index (χ0n) is 15.8. The number of rotatable bonds is 6. The summed E-state index contributed by atoms with van der Waals surface area (Å²) in [4.78, 5) is 17.1. The van der Waals surface area contributed by atoms with Crippen LogP contribution in [-0.2, 0) is 11.3 Å². The fourth-order valence-corrected chi connectivity index (χ4v) is 3.53. The van der Waals surface area contributed by atoms with Gasteiger partial charge in [0.1, 0.15) is 12.4 Å². The Hall–Kier alpha value is -2.77. The van der Waals surface area contributed by atoms with Gasteiger partial charge in [-0.2, -0.15) is 0 Å². The van der Waals surface area contributed by atoms with Gasteiger partial charge < -0.3 is 9.64 Å². The summed E-state index contributed by atoms with van der Waals surface area (Å²) in [5.41, 5.74) is 2.16. The van der Waals surface area contributed by atoms with Gasteiger partial charge in [-0.15, -0.1) is 6.42 Å². The Morgan fingerprint density at radius 3 is 2.67 bits per heavy atom. The predicted octanol–water partition coefficient (Wildman–Crippen LogP) is 3.57. The molecule has 1 saturated heterocycles. The predicted molar refractivity (Wildman–Crippen MR) is 109 cm³/mol. The molecule has 1 aliphatic heterocycles. The molecule has 140 valence electrons. The van der Waals surface area contributed by atoms with E-state index in [4.69, 9.17) is 11.2 Å². The van der Waals surface area contributed by atoms with Gasteiger partial charge in [-0.05, 0) is 49.2 Å². The number of carbonyl (C=O) groups excluding carboxylic acids is 1. The highest BCUT2D eigenvalue weighted by atomic mass is 16.5. The van der Waals surface area contributed by atoms with E-state index in [0.29, 0.717) is 5.75 Å².